The molecule has 1 saturated heterocycles. The second kappa shape index (κ2) is 10.6. The number of alkyl halides is 1. The molecule has 27 heavy (non-hydrogen) atoms. The first-order valence-electron chi connectivity index (χ1n) is 9.70. The van der Waals surface area contributed by atoms with Crippen molar-refractivity contribution in [1.29, 1.82) is 0 Å². The van der Waals surface area contributed by atoms with Gasteiger partial charge >= 0.3 is 0 Å². The third-order valence-electron chi connectivity index (χ3n) is 5.11. The monoisotopic (exact) mass is 390 g/mol. The summed E-state index contributed by atoms with van der Waals surface area (Å²) in [5.74, 6) is 0.739. The molecule has 0 atom stereocenters. The Kier molecular flexibility index (Phi) is 7.93. The maximum atomic E-state index is 12.1. The molecule has 0 unspecified atom stereocenters. The Morgan fingerprint density at radius 3 is 2.11 bits per heavy atom. The van der Waals surface area contributed by atoms with Crippen LogP contribution in [0, 0.1) is 0 Å². The van der Waals surface area contributed by atoms with Gasteiger partial charge in [0.25, 0.3) is 0 Å². The molecule has 2 aromatic carbocycles. The van der Waals surface area contributed by atoms with Crippen molar-refractivity contribution < 1.29 is 9.13 Å². The molecule has 1 fully saturated rings. The van der Waals surface area contributed by atoms with Gasteiger partial charge in [0.1, 0.15) is 19.0 Å². The zero-order valence-corrected chi connectivity index (χ0v) is 16.5. The van der Waals surface area contributed by atoms with E-state index in [9.17, 15) is 4.39 Å². The van der Waals surface area contributed by atoms with Crippen molar-refractivity contribution in [2.24, 2.45) is 0 Å². The number of benzene rings is 2. The van der Waals surface area contributed by atoms with Gasteiger partial charge in [0.2, 0.25) is 0 Å². The molecule has 3 rings (SSSR count). The molecule has 1 heterocycles. The summed E-state index contributed by atoms with van der Waals surface area (Å²) in [6.07, 6.45) is 2.04. The molecule has 0 saturated carbocycles. The average Bonchev–Trinajstić information content (AvgIpc) is 2.72. The number of rotatable bonds is 9. The van der Waals surface area contributed by atoms with E-state index in [2.05, 4.69) is 34.1 Å². The molecule has 5 heteroatoms. The molecule has 1 aliphatic rings. The Morgan fingerprint density at radius 1 is 0.852 bits per heavy atom. The summed E-state index contributed by atoms with van der Waals surface area (Å²) in [6, 6.07) is 16.1. The van der Waals surface area contributed by atoms with E-state index in [0.717, 1.165) is 62.9 Å². The summed E-state index contributed by atoms with van der Waals surface area (Å²) in [5, 5.41) is 0.872. The number of ether oxygens (including phenoxy) is 1. The largest absolute Gasteiger partial charge is 0.491 e. The topological polar surface area (TPSA) is 15.7 Å². The highest BCUT2D eigenvalue weighted by Crippen LogP contribution is 2.16. The van der Waals surface area contributed by atoms with E-state index in [-0.39, 0.29) is 6.61 Å². The third-order valence-corrected chi connectivity index (χ3v) is 5.47. The molecule has 3 nitrogen and oxygen atoms in total. The number of nitrogens with zero attached hydrogens (tertiary/aromatic N) is 2. The van der Waals surface area contributed by atoms with Crippen LogP contribution in [0.5, 0.6) is 5.75 Å². The molecule has 0 aliphatic carbocycles. The maximum Gasteiger partial charge on any atom is 0.123 e. The average molecular weight is 391 g/mol. The lowest BCUT2D eigenvalue weighted by molar-refractivity contribution is 0.134. The fraction of sp³-hybridized carbons (Fsp3) is 0.455. The molecule has 0 radical (unpaired) electrons. The minimum atomic E-state index is -0.452. The SMILES string of the molecule is FCCOc1ccc(CCN2CCN(CCc3ccccc3Cl)CC2)cc1. The van der Waals surface area contributed by atoms with Crippen molar-refractivity contribution in [3.8, 4) is 5.75 Å². The smallest absolute Gasteiger partial charge is 0.123 e. The van der Waals surface area contributed by atoms with Gasteiger partial charge in [-0.2, -0.15) is 0 Å². The maximum absolute atomic E-state index is 12.1. The minimum absolute atomic E-state index is 0.125. The van der Waals surface area contributed by atoms with Crippen molar-refractivity contribution in [2.75, 3.05) is 52.6 Å². The van der Waals surface area contributed by atoms with Gasteiger partial charge in [-0.15, -0.1) is 0 Å². The van der Waals surface area contributed by atoms with Gasteiger partial charge < -0.3 is 14.5 Å². The predicted molar refractivity (Wildman–Crippen MR) is 110 cm³/mol. The first-order chi connectivity index (χ1) is 13.2. The molecule has 2 aromatic rings. The van der Waals surface area contributed by atoms with Gasteiger partial charge in [0.15, 0.2) is 0 Å². The van der Waals surface area contributed by atoms with E-state index in [1.54, 1.807) is 0 Å². The molecule has 0 N–H and O–H groups in total. The van der Waals surface area contributed by atoms with Crippen molar-refractivity contribution in [3.05, 3.63) is 64.7 Å². The van der Waals surface area contributed by atoms with Gasteiger partial charge in [-0.3, -0.25) is 0 Å². The summed E-state index contributed by atoms with van der Waals surface area (Å²) in [5.41, 5.74) is 2.53. The molecule has 0 aromatic heterocycles. The molecule has 0 spiro atoms. The van der Waals surface area contributed by atoms with Crippen LogP contribution in [-0.2, 0) is 12.8 Å². The Hall–Kier alpha value is -1.62. The molecular weight excluding hydrogens is 363 g/mol. The number of hydrogen-bond donors (Lipinski definition) is 0. The van der Waals surface area contributed by atoms with Crippen LogP contribution in [-0.4, -0.2) is 62.3 Å². The number of halogens is 2. The lowest BCUT2D eigenvalue weighted by Gasteiger charge is -2.34. The molecule has 146 valence electrons. The van der Waals surface area contributed by atoms with Crippen molar-refractivity contribution in [2.45, 2.75) is 12.8 Å². The van der Waals surface area contributed by atoms with E-state index in [0.29, 0.717) is 0 Å². The van der Waals surface area contributed by atoms with Crippen LogP contribution in [0.1, 0.15) is 11.1 Å². The van der Waals surface area contributed by atoms with E-state index in [1.165, 1.54) is 11.1 Å². The quantitative estimate of drug-likeness (QED) is 0.641. The second-order valence-electron chi connectivity index (χ2n) is 6.96. The zero-order valence-electron chi connectivity index (χ0n) is 15.7. The Bertz CT molecular complexity index is 687. The lowest BCUT2D eigenvalue weighted by atomic mass is 10.1. The summed E-state index contributed by atoms with van der Waals surface area (Å²) in [6.45, 7) is 6.26. The highest BCUT2D eigenvalue weighted by molar-refractivity contribution is 6.31. The summed E-state index contributed by atoms with van der Waals surface area (Å²) < 4.78 is 17.4. The fourth-order valence-electron chi connectivity index (χ4n) is 3.41. The fourth-order valence-corrected chi connectivity index (χ4v) is 3.64. The zero-order chi connectivity index (χ0) is 18.9. The van der Waals surface area contributed by atoms with E-state index >= 15 is 0 Å². The summed E-state index contributed by atoms with van der Waals surface area (Å²) in [4.78, 5) is 5.05. The van der Waals surface area contributed by atoms with Crippen LogP contribution >= 0.6 is 11.6 Å². The van der Waals surface area contributed by atoms with Crippen LogP contribution in [0.3, 0.4) is 0 Å². The van der Waals surface area contributed by atoms with Gasteiger partial charge in [0, 0.05) is 44.3 Å². The normalized spacial score (nSPS) is 15.8. The molecule has 0 bridgehead atoms. The van der Waals surface area contributed by atoms with Crippen LogP contribution in [0.4, 0.5) is 4.39 Å². The lowest BCUT2D eigenvalue weighted by Crippen LogP contribution is -2.47. The summed E-state index contributed by atoms with van der Waals surface area (Å²) >= 11 is 6.25. The molecule has 0 amide bonds. The van der Waals surface area contributed by atoms with Crippen LogP contribution in [0.15, 0.2) is 48.5 Å². The minimum Gasteiger partial charge on any atom is -0.491 e. The summed E-state index contributed by atoms with van der Waals surface area (Å²) in [7, 11) is 0. The van der Waals surface area contributed by atoms with Crippen molar-refractivity contribution in [1.82, 2.24) is 9.80 Å². The third kappa shape index (κ3) is 6.49. The van der Waals surface area contributed by atoms with Gasteiger partial charge in [0.05, 0.1) is 0 Å². The standard InChI is InChI=1S/C22H28ClFN2O/c23-22-4-2-1-3-20(22)10-13-26-16-14-25(15-17-26)12-9-19-5-7-21(8-6-19)27-18-11-24/h1-8H,9-18H2. The van der Waals surface area contributed by atoms with Gasteiger partial charge in [-0.05, 0) is 42.2 Å². The van der Waals surface area contributed by atoms with Crippen LogP contribution in [0.25, 0.3) is 0 Å². The van der Waals surface area contributed by atoms with Crippen LogP contribution in [0.2, 0.25) is 5.02 Å². The first kappa shape index (κ1) is 20.1. The van der Waals surface area contributed by atoms with Crippen molar-refractivity contribution in [3.63, 3.8) is 0 Å². The molecule has 1 aliphatic heterocycles. The molecular formula is C22H28ClFN2O. The Morgan fingerprint density at radius 2 is 1.48 bits per heavy atom. The highest BCUT2D eigenvalue weighted by atomic mass is 35.5. The predicted octanol–water partition coefficient (Wildman–Crippen LogP) is 4.09. The second-order valence-corrected chi connectivity index (χ2v) is 7.36. The Balaban J connectivity index is 1.35. The number of hydrogen-bond acceptors (Lipinski definition) is 3. The highest BCUT2D eigenvalue weighted by Gasteiger charge is 2.16. The van der Waals surface area contributed by atoms with Gasteiger partial charge in [-0.25, -0.2) is 4.39 Å². The number of piperazine rings is 1. The first-order valence-corrected chi connectivity index (χ1v) is 10.1. The van der Waals surface area contributed by atoms with E-state index in [1.807, 2.05) is 24.3 Å². The van der Waals surface area contributed by atoms with Crippen LogP contribution < -0.4 is 4.74 Å². The van der Waals surface area contributed by atoms with Gasteiger partial charge in [-0.1, -0.05) is 41.9 Å². The Labute approximate surface area is 166 Å². The van der Waals surface area contributed by atoms with Crippen molar-refractivity contribution >= 4 is 11.6 Å². The van der Waals surface area contributed by atoms with E-state index < -0.39 is 6.67 Å². The van der Waals surface area contributed by atoms with E-state index in [4.69, 9.17) is 16.3 Å².